The summed E-state index contributed by atoms with van der Waals surface area (Å²) in [4.78, 5) is 24.4. The second-order valence-electron chi connectivity index (χ2n) is 8.37. The van der Waals surface area contributed by atoms with Crippen LogP contribution in [0.3, 0.4) is 0 Å². The Bertz CT molecular complexity index is 740. The van der Waals surface area contributed by atoms with Crippen LogP contribution in [-0.4, -0.2) is 29.3 Å². The summed E-state index contributed by atoms with van der Waals surface area (Å²) < 4.78 is 76.0. The molecule has 1 rings (SSSR count). The van der Waals surface area contributed by atoms with Crippen LogP contribution in [0.5, 0.6) is 0 Å². The molecule has 1 unspecified atom stereocenters. The average Bonchev–Trinajstić information content (AvgIpc) is 2.39. The van der Waals surface area contributed by atoms with Crippen LogP contribution in [0.4, 0.5) is 26.7 Å². The Morgan fingerprint density at radius 1 is 0.931 bits per heavy atom. The van der Waals surface area contributed by atoms with Gasteiger partial charge in [0.05, 0.1) is 0 Å². The number of rotatable bonds is 4. The maximum Gasteiger partial charge on any atom is 0.422 e. The van der Waals surface area contributed by atoms with Gasteiger partial charge in [-0.3, -0.25) is 0 Å². The molecule has 0 bridgehead atoms. The van der Waals surface area contributed by atoms with Gasteiger partial charge in [-0.25, -0.2) is 18.4 Å². The topological polar surface area (TPSA) is 64.6 Å². The maximum atomic E-state index is 13.8. The molecule has 1 aromatic carbocycles. The van der Waals surface area contributed by atoms with Gasteiger partial charge in [-0.15, -0.1) is 0 Å². The van der Waals surface area contributed by atoms with Gasteiger partial charge in [0.15, 0.2) is 0 Å². The van der Waals surface area contributed by atoms with Crippen molar-refractivity contribution >= 4 is 12.1 Å². The molecule has 29 heavy (non-hydrogen) atoms. The van der Waals surface area contributed by atoms with E-state index >= 15 is 0 Å². The van der Waals surface area contributed by atoms with Crippen LogP contribution < -0.4 is 5.32 Å². The lowest BCUT2D eigenvalue weighted by atomic mass is 10.0. The number of carbonyl (C=O) groups excluding carboxylic acids is 2. The van der Waals surface area contributed by atoms with Gasteiger partial charge in [0.25, 0.3) is 0 Å². The van der Waals surface area contributed by atoms with Crippen LogP contribution in [0, 0.1) is 11.6 Å². The average molecular weight is 425 g/mol. The van der Waals surface area contributed by atoms with Gasteiger partial charge in [-0.2, -0.15) is 13.2 Å². The van der Waals surface area contributed by atoms with Gasteiger partial charge < -0.3 is 14.8 Å². The van der Waals surface area contributed by atoms with Crippen molar-refractivity contribution in [2.45, 2.75) is 71.4 Å². The van der Waals surface area contributed by atoms with Crippen molar-refractivity contribution in [1.29, 1.82) is 0 Å². The summed E-state index contributed by atoms with van der Waals surface area (Å²) >= 11 is 0. The fraction of sp³-hybridized carbons (Fsp3) is 0.579. The predicted molar refractivity (Wildman–Crippen MR) is 94.1 cm³/mol. The van der Waals surface area contributed by atoms with Gasteiger partial charge in [-0.05, 0) is 59.2 Å². The zero-order valence-corrected chi connectivity index (χ0v) is 17.0. The third kappa shape index (κ3) is 8.25. The molecule has 0 aliphatic carbocycles. The van der Waals surface area contributed by atoms with Crippen molar-refractivity contribution < 1.29 is 41.0 Å². The molecule has 0 spiro atoms. The van der Waals surface area contributed by atoms with Gasteiger partial charge >= 0.3 is 18.2 Å². The Labute approximate surface area is 165 Å². The lowest BCUT2D eigenvalue weighted by Crippen LogP contribution is -2.47. The summed E-state index contributed by atoms with van der Waals surface area (Å²) in [5.41, 5.74) is -4.15. The minimum atomic E-state index is -5.22. The van der Waals surface area contributed by atoms with Gasteiger partial charge in [0.2, 0.25) is 0 Å². The fourth-order valence-electron chi connectivity index (χ4n) is 2.27. The van der Waals surface area contributed by atoms with Crippen molar-refractivity contribution in [2.24, 2.45) is 0 Å². The summed E-state index contributed by atoms with van der Waals surface area (Å²) in [6.45, 7) is 9.42. The highest BCUT2D eigenvalue weighted by Crippen LogP contribution is 2.34. The third-order valence-corrected chi connectivity index (χ3v) is 3.21. The van der Waals surface area contributed by atoms with Crippen LogP contribution >= 0.6 is 0 Å². The van der Waals surface area contributed by atoms with Crippen LogP contribution in [0.25, 0.3) is 0 Å². The number of esters is 1. The number of alkyl carbamates (subject to hydrolysis) is 1. The van der Waals surface area contributed by atoms with E-state index in [1.807, 2.05) is 0 Å². The minimum absolute atomic E-state index is 0.278. The molecule has 0 fully saturated rings. The second kappa shape index (κ2) is 8.54. The van der Waals surface area contributed by atoms with Crippen LogP contribution in [0.1, 0.15) is 52.7 Å². The summed E-state index contributed by atoms with van der Waals surface area (Å²) in [6, 6.07) is -0.528. The van der Waals surface area contributed by atoms with Crippen molar-refractivity contribution in [1.82, 2.24) is 5.32 Å². The molecule has 0 saturated heterocycles. The van der Waals surface area contributed by atoms with Crippen LogP contribution in [0.2, 0.25) is 0 Å². The SMILES string of the molecule is CC(C)(C)OC(=O)NC(Cc1cc(F)c(C(F)(F)F)c(F)c1)C(=O)OC(C)(C)C. The maximum absolute atomic E-state index is 13.8. The number of benzene rings is 1. The molecule has 1 N–H and O–H groups in total. The molecule has 164 valence electrons. The standard InChI is InChI=1S/C19H24F5NO4/c1-17(2,3)28-15(26)13(25-16(27)29-18(4,5)6)9-10-7-11(20)14(12(21)8-10)19(22,23)24/h7-8,13H,9H2,1-6H3,(H,25,27). The van der Waals surface area contributed by atoms with Crippen molar-refractivity contribution in [2.75, 3.05) is 0 Å². The van der Waals surface area contributed by atoms with E-state index in [4.69, 9.17) is 9.47 Å². The highest BCUT2D eigenvalue weighted by molar-refractivity contribution is 5.82. The number of alkyl halides is 3. The van der Waals surface area contributed by atoms with Crippen molar-refractivity contribution in [3.63, 3.8) is 0 Å². The molecule has 10 heteroatoms. The number of nitrogens with one attached hydrogen (secondary N) is 1. The second-order valence-corrected chi connectivity index (χ2v) is 8.37. The minimum Gasteiger partial charge on any atom is -0.458 e. The van der Waals surface area contributed by atoms with Crippen LogP contribution in [-0.2, 0) is 26.9 Å². The summed E-state index contributed by atoms with van der Waals surface area (Å²) in [6.07, 6.45) is -6.73. The molecule has 0 saturated carbocycles. The molecule has 0 radical (unpaired) electrons. The predicted octanol–water partition coefficient (Wildman–Crippen LogP) is 4.76. The highest BCUT2D eigenvalue weighted by atomic mass is 19.4. The third-order valence-electron chi connectivity index (χ3n) is 3.21. The first-order valence-electron chi connectivity index (χ1n) is 8.66. The largest absolute Gasteiger partial charge is 0.458 e. The first-order valence-corrected chi connectivity index (χ1v) is 8.66. The lowest BCUT2D eigenvalue weighted by Gasteiger charge is -2.26. The smallest absolute Gasteiger partial charge is 0.422 e. The van der Waals surface area contributed by atoms with E-state index in [9.17, 15) is 31.5 Å². The Hall–Kier alpha value is -2.39. The molecule has 5 nitrogen and oxygen atoms in total. The van der Waals surface area contributed by atoms with Gasteiger partial charge in [0.1, 0.15) is 34.4 Å². The zero-order chi connectivity index (χ0) is 22.8. The molecular weight excluding hydrogens is 401 g/mol. The number of carbonyl (C=O) groups is 2. The molecule has 0 aromatic heterocycles. The monoisotopic (exact) mass is 425 g/mol. The number of ether oxygens (including phenoxy) is 2. The van der Waals surface area contributed by atoms with Gasteiger partial charge in [0, 0.05) is 6.42 Å². The van der Waals surface area contributed by atoms with Gasteiger partial charge in [-0.1, -0.05) is 0 Å². The Balaban J connectivity index is 3.17. The molecule has 1 atom stereocenters. The molecular formula is C19H24F5NO4. The number of hydrogen-bond acceptors (Lipinski definition) is 4. The zero-order valence-electron chi connectivity index (χ0n) is 17.0. The summed E-state index contributed by atoms with van der Waals surface area (Å²) in [5, 5.41) is 2.23. The van der Waals surface area contributed by atoms with E-state index in [0.717, 1.165) is 0 Å². The first-order chi connectivity index (χ1) is 12.9. The number of hydrogen-bond donors (Lipinski definition) is 1. The van der Waals surface area contributed by atoms with E-state index in [0.29, 0.717) is 12.1 Å². The van der Waals surface area contributed by atoms with E-state index in [2.05, 4.69) is 5.32 Å². The molecule has 0 aliphatic rings. The van der Waals surface area contributed by atoms with Crippen molar-refractivity contribution in [3.8, 4) is 0 Å². The Kier molecular flexibility index (Phi) is 7.26. The first kappa shape index (κ1) is 24.6. The van der Waals surface area contributed by atoms with E-state index in [1.54, 1.807) is 41.5 Å². The number of amides is 1. The van der Waals surface area contributed by atoms with Crippen molar-refractivity contribution in [3.05, 3.63) is 34.9 Å². The summed E-state index contributed by atoms with van der Waals surface area (Å²) in [7, 11) is 0. The number of halogens is 5. The molecule has 0 aliphatic heterocycles. The van der Waals surface area contributed by atoms with E-state index in [1.165, 1.54) is 0 Å². The molecule has 1 aromatic rings. The fourth-order valence-corrected chi connectivity index (χ4v) is 2.27. The molecule has 1 amide bonds. The highest BCUT2D eigenvalue weighted by Gasteiger charge is 2.38. The quantitative estimate of drug-likeness (QED) is 0.558. The normalized spacial score (nSPS) is 13.6. The van der Waals surface area contributed by atoms with E-state index < -0.39 is 59.1 Å². The lowest BCUT2D eigenvalue weighted by molar-refractivity contribution is -0.157. The Morgan fingerprint density at radius 3 is 1.76 bits per heavy atom. The van der Waals surface area contributed by atoms with E-state index in [-0.39, 0.29) is 5.56 Å². The van der Waals surface area contributed by atoms with Crippen LogP contribution in [0.15, 0.2) is 12.1 Å². The molecule has 0 heterocycles. The Morgan fingerprint density at radius 2 is 1.38 bits per heavy atom. The summed E-state index contributed by atoms with van der Waals surface area (Å²) in [5.74, 6) is -4.59.